The second-order valence-corrected chi connectivity index (χ2v) is 8.85. The highest BCUT2D eigenvalue weighted by molar-refractivity contribution is 14.1. The summed E-state index contributed by atoms with van der Waals surface area (Å²) in [4.78, 5) is 15.8. The number of rotatable bonds is 6. The van der Waals surface area contributed by atoms with Gasteiger partial charge in [-0.1, -0.05) is 36.4 Å². The lowest BCUT2D eigenvalue weighted by Crippen LogP contribution is -2.37. The van der Waals surface area contributed by atoms with Crippen LogP contribution in [-0.2, 0) is 4.74 Å². The highest BCUT2D eigenvalue weighted by atomic mass is 127. The average molecular weight is 567 g/mol. The number of fused-ring (bicyclic) bond motifs is 1. The number of aromatic nitrogens is 3. The van der Waals surface area contributed by atoms with E-state index in [0.29, 0.717) is 49.7 Å². The van der Waals surface area contributed by atoms with Gasteiger partial charge in [-0.25, -0.2) is 5.43 Å². The van der Waals surface area contributed by atoms with E-state index in [4.69, 9.17) is 4.74 Å². The number of anilines is 4. The number of nitrogens with one attached hydrogen (secondary N) is 2. The molecule has 0 unspecified atom stereocenters. The highest BCUT2D eigenvalue weighted by Gasteiger charge is 2.17. The molecule has 0 aliphatic carbocycles. The summed E-state index contributed by atoms with van der Waals surface area (Å²) in [6.07, 6.45) is 1.54. The fourth-order valence-corrected chi connectivity index (χ4v) is 4.13. The van der Waals surface area contributed by atoms with E-state index in [9.17, 15) is 5.11 Å². The van der Waals surface area contributed by atoms with E-state index in [-0.39, 0.29) is 5.75 Å². The quantitative estimate of drug-likeness (QED) is 0.179. The summed E-state index contributed by atoms with van der Waals surface area (Å²) in [6, 6.07) is 19.5. The minimum absolute atomic E-state index is 0.147. The molecule has 5 rings (SSSR count). The Morgan fingerprint density at radius 1 is 0.971 bits per heavy atom. The van der Waals surface area contributed by atoms with Crippen molar-refractivity contribution in [2.24, 2.45) is 5.10 Å². The monoisotopic (exact) mass is 567 g/mol. The SMILES string of the molecule is Oc1ccc(I)cc1C=NNc1nc(Nc2cccc3ccccc23)nc(N2CCOCC2)n1. The summed E-state index contributed by atoms with van der Waals surface area (Å²) in [6.45, 7) is 2.61. The fourth-order valence-electron chi connectivity index (χ4n) is 3.62. The lowest BCUT2D eigenvalue weighted by atomic mass is 10.1. The first-order valence-corrected chi connectivity index (χ1v) is 11.8. The summed E-state index contributed by atoms with van der Waals surface area (Å²) in [7, 11) is 0. The third kappa shape index (κ3) is 5.18. The normalized spacial score (nSPS) is 14.0. The van der Waals surface area contributed by atoms with Crippen LogP contribution in [0.5, 0.6) is 5.75 Å². The molecule has 0 atom stereocenters. The average Bonchev–Trinajstić information content (AvgIpc) is 2.87. The van der Waals surface area contributed by atoms with E-state index in [1.54, 1.807) is 6.07 Å². The fraction of sp³-hybridized carbons (Fsp3) is 0.167. The molecule has 10 heteroatoms. The first-order valence-electron chi connectivity index (χ1n) is 10.8. The largest absolute Gasteiger partial charge is 0.507 e. The lowest BCUT2D eigenvalue weighted by Gasteiger charge is -2.27. The van der Waals surface area contributed by atoms with Crippen LogP contribution in [0.2, 0.25) is 0 Å². The molecule has 0 amide bonds. The van der Waals surface area contributed by atoms with E-state index >= 15 is 0 Å². The van der Waals surface area contributed by atoms with Gasteiger partial charge in [0.25, 0.3) is 0 Å². The van der Waals surface area contributed by atoms with Crippen LogP contribution in [0.25, 0.3) is 10.8 Å². The molecule has 0 bridgehead atoms. The lowest BCUT2D eigenvalue weighted by molar-refractivity contribution is 0.122. The molecule has 172 valence electrons. The predicted molar refractivity (Wildman–Crippen MR) is 142 cm³/mol. The zero-order valence-corrected chi connectivity index (χ0v) is 20.3. The van der Waals surface area contributed by atoms with Gasteiger partial charge in [0.1, 0.15) is 5.75 Å². The summed E-state index contributed by atoms with van der Waals surface area (Å²) >= 11 is 2.18. The molecule has 1 fully saturated rings. The minimum atomic E-state index is 0.147. The van der Waals surface area contributed by atoms with Gasteiger partial charge in [0.05, 0.1) is 19.4 Å². The standard InChI is InChI=1S/C24H22IN7O2/c25-18-8-9-21(33)17(14-18)15-26-31-23-28-22(29-24(30-23)32-10-12-34-13-11-32)27-20-7-3-5-16-4-1-2-6-19(16)20/h1-9,14-15,33H,10-13H2,(H2,27,28,29,30,31). The summed E-state index contributed by atoms with van der Waals surface area (Å²) < 4.78 is 6.46. The van der Waals surface area contributed by atoms with Gasteiger partial charge in [-0.3, -0.25) is 0 Å². The van der Waals surface area contributed by atoms with E-state index in [1.807, 2.05) is 36.4 Å². The Morgan fingerprint density at radius 2 is 1.76 bits per heavy atom. The molecular formula is C24H22IN7O2. The van der Waals surface area contributed by atoms with Crippen molar-refractivity contribution in [2.75, 3.05) is 41.9 Å². The van der Waals surface area contributed by atoms with Crippen molar-refractivity contribution in [3.8, 4) is 5.75 Å². The number of hydrazone groups is 1. The molecule has 3 aromatic carbocycles. The Hall–Kier alpha value is -3.51. The smallest absolute Gasteiger partial charge is 0.250 e. The number of phenolic OH excluding ortho intramolecular Hbond substituents is 1. The van der Waals surface area contributed by atoms with E-state index in [1.165, 1.54) is 6.21 Å². The number of ether oxygens (including phenoxy) is 1. The number of halogens is 1. The van der Waals surface area contributed by atoms with Crippen LogP contribution in [-0.4, -0.2) is 52.6 Å². The van der Waals surface area contributed by atoms with Crippen molar-refractivity contribution in [3.63, 3.8) is 0 Å². The van der Waals surface area contributed by atoms with E-state index < -0.39 is 0 Å². The summed E-state index contributed by atoms with van der Waals surface area (Å²) in [5.74, 6) is 1.38. The number of hydrogen-bond donors (Lipinski definition) is 3. The Labute approximate surface area is 210 Å². The van der Waals surface area contributed by atoms with Gasteiger partial charge < -0.3 is 20.1 Å². The molecule has 3 N–H and O–H groups in total. The Kier molecular flexibility index (Phi) is 6.67. The molecule has 0 saturated carbocycles. The molecule has 34 heavy (non-hydrogen) atoms. The third-order valence-electron chi connectivity index (χ3n) is 5.31. The van der Waals surface area contributed by atoms with Crippen molar-refractivity contribution in [3.05, 3.63) is 69.8 Å². The topological polar surface area (TPSA) is 108 Å². The summed E-state index contributed by atoms with van der Waals surface area (Å²) in [5.41, 5.74) is 4.37. The molecule has 1 saturated heterocycles. The van der Waals surface area contributed by atoms with Gasteiger partial charge >= 0.3 is 0 Å². The number of benzene rings is 3. The third-order valence-corrected chi connectivity index (χ3v) is 5.98. The minimum Gasteiger partial charge on any atom is -0.507 e. The van der Waals surface area contributed by atoms with Crippen LogP contribution in [0.15, 0.2) is 65.8 Å². The predicted octanol–water partition coefficient (Wildman–Crippen LogP) is 4.36. The van der Waals surface area contributed by atoms with Crippen LogP contribution in [0.4, 0.5) is 23.5 Å². The molecular weight excluding hydrogens is 545 g/mol. The number of nitrogens with zero attached hydrogens (tertiary/aromatic N) is 5. The van der Waals surface area contributed by atoms with Crippen molar-refractivity contribution >= 4 is 63.1 Å². The second kappa shape index (κ2) is 10.2. The van der Waals surface area contributed by atoms with Crippen LogP contribution >= 0.6 is 22.6 Å². The van der Waals surface area contributed by atoms with E-state index in [2.05, 4.69) is 76.5 Å². The molecule has 0 spiro atoms. The van der Waals surface area contributed by atoms with Gasteiger partial charge in [0, 0.05) is 33.3 Å². The first kappa shape index (κ1) is 22.3. The van der Waals surface area contributed by atoms with Crippen molar-refractivity contribution in [1.29, 1.82) is 0 Å². The summed E-state index contributed by atoms with van der Waals surface area (Å²) in [5, 5.41) is 19.8. The Balaban J connectivity index is 1.45. The zero-order valence-electron chi connectivity index (χ0n) is 18.1. The zero-order chi connectivity index (χ0) is 23.3. The van der Waals surface area contributed by atoms with Crippen molar-refractivity contribution in [1.82, 2.24) is 15.0 Å². The van der Waals surface area contributed by atoms with Gasteiger partial charge in [-0.15, -0.1) is 0 Å². The van der Waals surface area contributed by atoms with Crippen LogP contribution in [0.1, 0.15) is 5.56 Å². The van der Waals surface area contributed by atoms with Gasteiger partial charge in [0.2, 0.25) is 17.8 Å². The van der Waals surface area contributed by atoms with Gasteiger partial charge in [-0.2, -0.15) is 20.1 Å². The molecule has 1 aromatic heterocycles. The highest BCUT2D eigenvalue weighted by Crippen LogP contribution is 2.26. The molecule has 1 aliphatic rings. The van der Waals surface area contributed by atoms with Crippen LogP contribution in [0, 0.1) is 3.57 Å². The maximum atomic E-state index is 10.0. The maximum Gasteiger partial charge on any atom is 0.250 e. The molecule has 2 heterocycles. The van der Waals surface area contributed by atoms with Crippen molar-refractivity contribution in [2.45, 2.75) is 0 Å². The second-order valence-electron chi connectivity index (χ2n) is 7.61. The molecule has 1 aliphatic heterocycles. The first-order chi connectivity index (χ1) is 16.7. The number of phenols is 1. The van der Waals surface area contributed by atoms with E-state index in [0.717, 1.165) is 20.0 Å². The maximum absolute atomic E-state index is 10.0. The molecule has 0 radical (unpaired) electrons. The molecule has 4 aromatic rings. The van der Waals surface area contributed by atoms with Crippen LogP contribution in [0.3, 0.4) is 0 Å². The van der Waals surface area contributed by atoms with Crippen LogP contribution < -0.4 is 15.6 Å². The Bertz CT molecular complexity index is 1340. The molecule has 9 nitrogen and oxygen atoms in total. The number of hydrogen-bond acceptors (Lipinski definition) is 9. The number of aromatic hydroxyl groups is 1. The Morgan fingerprint density at radius 3 is 2.65 bits per heavy atom. The van der Waals surface area contributed by atoms with Gasteiger partial charge in [-0.05, 0) is 52.2 Å². The van der Waals surface area contributed by atoms with Gasteiger partial charge in [0.15, 0.2) is 0 Å². The van der Waals surface area contributed by atoms with Crippen molar-refractivity contribution < 1.29 is 9.84 Å². The number of morpholine rings is 1.